The van der Waals surface area contributed by atoms with Gasteiger partial charge in [-0.05, 0) is 89.9 Å². The summed E-state index contributed by atoms with van der Waals surface area (Å²) in [4.78, 5) is 38.1. The van der Waals surface area contributed by atoms with Crippen molar-refractivity contribution in [3.63, 3.8) is 0 Å². The van der Waals surface area contributed by atoms with Crippen LogP contribution in [-0.4, -0.2) is 37.2 Å². The van der Waals surface area contributed by atoms with Crippen molar-refractivity contribution in [3.05, 3.63) is 72.9 Å². The Morgan fingerprint density at radius 2 is 0.527 bits per heavy atom. The molecule has 0 bridgehead atoms. The van der Waals surface area contributed by atoms with Crippen molar-refractivity contribution in [1.82, 2.24) is 0 Å². The Morgan fingerprint density at radius 3 is 0.851 bits per heavy atom. The first-order chi connectivity index (χ1) is 36.5. The Labute approximate surface area is 459 Å². The maximum atomic E-state index is 12.8. The van der Waals surface area contributed by atoms with Crippen molar-refractivity contribution in [2.45, 2.75) is 329 Å². The van der Waals surface area contributed by atoms with Crippen molar-refractivity contribution >= 4 is 17.9 Å². The molecule has 1 unspecified atom stereocenters. The van der Waals surface area contributed by atoms with E-state index in [1.54, 1.807) is 0 Å². The van der Waals surface area contributed by atoms with E-state index in [4.69, 9.17) is 14.2 Å². The fraction of sp³-hybridized carbons (Fsp3) is 0.779. The molecule has 0 saturated carbocycles. The van der Waals surface area contributed by atoms with E-state index >= 15 is 0 Å². The number of hydrogen-bond donors (Lipinski definition) is 0. The van der Waals surface area contributed by atoms with Gasteiger partial charge in [-0.25, -0.2) is 0 Å². The zero-order valence-electron chi connectivity index (χ0n) is 49.1. The molecule has 0 saturated heterocycles. The smallest absolute Gasteiger partial charge is 0.306 e. The molecule has 6 heteroatoms. The number of ether oxygens (including phenoxy) is 3. The van der Waals surface area contributed by atoms with Crippen LogP contribution in [0.4, 0.5) is 0 Å². The largest absolute Gasteiger partial charge is 0.462 e. The zero-order chi connectivity index (χ0) is 53.6. The van der Waals surface area contributed by atoms with E-state index in [1.807, 2.05) is 0 Å². The highest BCUT2D eigenvalue weighted by Crippen LogP contribution is 2.17. The fourth-order valence-corrected chi connectivity index (χ4v) is 9.17. The van der Waals surface area contributed by atoms with Gasteiger partial charge in [-0.1, -0.05) is 286 Å². The molecule has 0 radical (unpaired) electrons. The zero-order valence-corrected chi connectivity index (χ0v) is 49.1. The molecule has 0 spiro atoms. The van der Waals surface area contributed by atoms with Gasteiger partial charge in [0, 0.05) is 19.3 Å². The summed E-state index contributed by atoms with van der Waals surface area (Å²) >= 11 is 0. The number of carbonyl (C=O) groups excluding carboxylic acids is 3. The standard InChI is InChI=1S/C68H120O6/c1-4-7-10-13-16-19-22-24-26-27-28-29-30-31-32-33-34-35-36-37-38-39-40-41-43-44-46-49-52-55-58-61-67(70)73-64-65(63-72-66(69)60-57-54-51-48-21-18-15-12-9-6-3)74-68(71)62-59-56-53-50-47-45-42-25-23-20-17-14-11-8-5-2/h7,10,16-17,19-20,24-26,28-29,42,65H,4-6,8-9,11-15,18,21-23,27,30-41,43-64H2,1-3H3/b10-7-,19-16-,20-17-,26-24-,29-28-,42-25-. The molecule has 1 atom stereocenters. The Hall–Kier alpha value is -3.15. The van der Waals surface area contributed by atoms with Crippen LogP contribution < -0.4 is 0 Å². The number of allylic oxidation sites excluding steroid dienone is 12. The third-order valence-corrected chi connectivity index (χ3v) is 13.9. The third-order valence-electron chi connectivity index (χ3n) is 13.9. The van der Waals surface area contributed by atoms with Crippen LogP contribution in [0.25, 0.3) is 0 Å². The fourth-order valence-electron chi connectivity index (χ4n) is 9.17. The van der Waals surface area contributed by atoms with E-state index in [9.17, 15) is 14.4 Å². The van der Waals surface area contributed by atoms with Crippen molar-refractivity contribution in [2.24, 2.45) is 0 Å². The van der Waals surface area contributed by atoms with Gasteiger partial charge in [-0.3, -0.25) is 14.4 Å². The number of hydrogen-bond acceptors (Lipinski definition) is 6. The van der Waals surface area contributed by atoms with Crippen molar-refractivity contribution in [3.8, 4) is 0 Å². The molecule has 0 aliphatic rings. The van der Waals surface area contributed by atoms with E-state index in [-0.39, 0.29) is 31.1 Å². The maximum Gasteiger partial charge on any atom is 0.306 e. The summed E-state index contributed by atoms with van der Waals surface area (Å²) in [6, 6.07) is 0. The van der Waals surface area contributed by atoms with E-state index in [0.29, 0.717) is 19.3 Å². The first kappa shape index (κ1) is 70.8. The molecule has 0 aromatic carbocycles. The molecule has 0 aromatic heterocycles. The summed E-state index contributed by atoms with van der Waals surface area (Å²) in [7, 11) is 0. The van der Waals surface area contributed by atoms with Gasteiger partial charge in [0.05, 0.1) is 0 Å². The third kappa shape index (κ3) is 59.7. The van der Waals surface area contributed by atoms with Crippen molar-refractivity contribution < 1.29 is 28.6 Å². The Bertz CT molecular complexity index is 1370. The molecule has 0 aliphatic heterocycles. The topological polar surface area (TPSA) is 78.9 Å². The summed E-state index contributed by atoms with van der Waals surface area (Å²) < 4.78 is 16.9. The van der Waals surface area contributed by atoms with E-state index < -0.39 is 6.10 Å². The molecule has 0 rings (SSSR count). The molecule has 0 heterocycles. The van der Waals surface area contributed by atoms with Crippen LogP contribution in [-0.2, 0) is 28.6 Å². The highest BCUT2D eigenvalue weighted by molar-refractivity contribution is 5.71. The predicted octanol–water partition coefficient (Wildman–Crippen LogP) is 21.7. The van der Waals surface area contributed by atoms with Gasteiger partial charge in [-0.2, -0.15) is 0 Å². The average Bonchev–Trinajstić information content (AvgIpc) is 3.40. The van der Waals surface area contributed by atoms with Crippen LogP contribution in [0.5, 0.6) is 0 Å². The molecule has 0 fully saturated rings. The molecule has 0 N–H and O–H groups in total. The summed E-state index contributed by atoms with van der Waals surface area (Å²) in [6.45, 7) is 6.51. The normalized spacial score (nSPS) is 12.5. The monoisotopic (exact) mass is 1030 g/mol. The first-order valence-electron chi connectivity index (χ1n) is 31.9. The second-order valence-electron chi connectivity index (χ2n) is 21.3. The molecular weight excluding hydrogens is 913 g/mol. The van der Waals surface area contributed by atoms with E-state index in [1.165, 1.54) is 173 Å². The number of esters is 3. The molecule has 0 aromatic rings. The van der Waals surface area contributed by atoms with Crippen LogP contribution in [0.15, 0.2) is 72.9 Å². The van der Waals surface area contributed by atoms with Gasteiger partial charge in [-0.15, -0.1) is 0 Å². The van der Waals surface area contributed by atoms with Crippen LogP contribution in [0.2, 0.25) is 0 Å². The van der Waals surface area contributed by atoms with Gasteiger partial charge >= 0.3 is 17.9 Å². The minimum absolute atomic E-state index is 0.0763. The van der Waals surface area contributed by atoms with Crippen LogP contribution in [0.1, 0.15) is 323 Å². The van der Waals surface area contributed by atoms with E-state index in [2.05, 4.69) is 93.7 Å². The molecule has 0 aliphatic carbocycles. The van der Waals surface area contributed by atoms with Crippen molar-refractivity contribution in [2.75, 3.05) is 13.2 Å². The van der Waals surface area contributed by atoms with Gasteiger partial charge < -0.3 is 14.2 Å². The molecule has 6 nitrogen and oxygen atoms in total. The SMILES string of the molecule is CC/C=C\C/C=C\C/C=C\C/C=C\CCCCCCCCCCCCCCCCCCCCC(=O)OCC(COC(=O)CCCCCCCCCCCC)OC(=O)CCCCCCC/C=C\C/C=C\CCCCC. The molecule has 428 valence electrons. The number of unbranched alkanes of at least 4 members (excludes halogenated alkanes) is 35. The summed E-state index contributed by atoms with van der Waals surface area (Å²) in [5.74, 6) is -0.877. The molecule has 0 amide bonds. The quantitative estimate of drug-likeness (QED) is 0.0261. The van der Waals surface area contributed by atoms with Crippen molar-refractivity contribution in [1.29, 1.82) is 0 Å². The minimum Gasteiger partial charge on any atom is -0.462 e. The second-order valence-corrected chi connectivity index (χ2v) is 21.3. The van der Waals surface area contributed by atoms with Gasteiger partial charge in [0.25, 0.3) is 0 Å². The first-order valence-corrected chi connectivity index (χ1v) is 31.9. The number of rotatable bonds is 58. The minimum atomic E-state index is -0.778. The van der Waals surface area contributed by atoms with Gasteiger partial charge in [0.2, 0.25) is 0 Å². The van der Waals surface area contributed by atoms with Gasteiger partial charge in [0.15, 0.2) is 6.10 Å². The van der Waals surface area contributed by atoms with E-state index in [0.717, 1.165) is 109 Å². The highest BCUT2D eigenvalue weighted by Gasteiger charge is 2.19. The lowest BCUT2D eigenvalue weighted by Crippen LogP contribution is -2.30. The maximum absolute atomic E-state index is 12.8. The Kier molecular flexibility index (Phi) is 59.7. The second kappa shape index (κ2) is 62.4. The number of carbonyl (C=O) groups is 3. The Balaban J connectivity index is 4.11. The lowest BCUT2D eigenvalue weighted by Gasteiger charge is -2.18. The predicted molar refractivity (Wildman–Crippen MR) is 321 cm³/mol. The Morgan fingerprint density at radius 1 is 0.284 bits per heavy atom. The summed E-state index contributed by atoms with van der Waals surface area (Å²) in [5.41, 5.74) is 0. The lowest BCUT2D eigenvalue weighted by atomic mass is 10.0. The van der Waals surface area contributed by atoms with Crippen LogP contribution in [0.3, 0.4) is 0 Å². The lowest BCUT2D eigenvalue weighted by molar-refractivity contribution is -0.167. The van der Waals surface area contributed by atoms with Crippen LogP contribution >= 0.6 is 0 Å². The van der Waals surface area contributed by atoms with Crippen LogP contribution in [0, 0.1) is 0 Å². The average molecular weight is 1030 g/mol. The highest BCUT2D eigenvalue weighted by atomic mass is 16.6. The molecule has 74 heavy (non-hydrogen) atoms. The molecular formula is C68H120O6. The summed E-state index contributed by atoms with van der Waals surface area (Å²) in [5, 5.41) is 0. The van der Waals surface area contributed by atoms with Gasteiger partial charge in [0.1, 0.15) is 13.2 Å². The summed E-state index contributed by atoms with van der Waals surface area (Å²) in [6.07, 6.45) is 80.7.